The van der Waals surface area contributed by atoms with Gasteiger partial charge >= 0.3 is 0 Å². The molecule has 2 aromatic rings. The van der Waals surface area contributed by atoms with E-state index in [2.05, 4.69) is 4.72 Å². The zero-order chi connectivity index (χ0) is 14.8. The maximum absolute atomic E-state index is 12.4. The van der Waals surface area contributed by atoms with Crippen molar-refractivity contribution in [3.63, 3.8) is 0 Å². The van der Waals surface area contributed by atoms with E-state index in [9.17, 15) is 13.5 Å². The van der Waals surface area contributed by atoms with Gasteiger partial charge in [-0.15, -0.1) is 11.3 Å². The van der Waals surface area contributed by atoms with E-state index in [-0.39, 0.29) is 17.5 Å². The van der Waals surface area contributed by atoms with E-state index < -0.39 is 10.0 Å². The van der Waals surface area contributed by atoms with Crippen LogP contribution in [0.2, 0.25) is 4.34 Å². The van der Waals surface area contributed by atoms with Crippen LogP contribution in [0.5, 0.6) is 0 Å². The molecule has 0 radical (unpaired) electrons. The van der Waals surface area contributed by atoms with Crippen LogP contribution in [-0.4, -0.2) is 13.5 Å². The van der Waals surface area contributed by atoms with E-state index in [0.29, 0.717) is 9.90 Å². The Hall–Kier alpha value is -0.920. The lowest BCUT2D eigenvalue weighted by atomic mass is 10.2. The normalized spacial score (nSPS) is 13.3. The van der Waals surface area contributed by atoms with Gasteiger partial charge in [-0.1, -0.05) is 29.8 Å². The van der Waals surface area contributed by atoms with Crippen molar-refractivity contribution in [3.05, 3.63) is 51.2 Å². The molecule has 0 aliphatic rings. The second-order valence-corrected chi connectivity index (χ2v) is 7.68. The third-order valence-electron chi connectivity index (χ3n) is 2.79. The smallest absolute Gasteiger partial charge is 0.241 e. The average molecular weight is 332 g/mol. The summed E-state index contributed by atoms with van der Waals surface area (Å²) in [6.07, 6.45) is 0. The number of sulfonamides is 1. The first kappa shape index (κ1) is 15.5. The first-order valence-electron chi connectivity index (χ1n) is 5.90. The molecule has 0 bridgehead atoms. The number of hydrogen-bond donors (Lipinski definition) is 2. The molecular formula is C13H14ClNO3S2. The fourth-order valence-electron chi connectivity index (χ4n) is 1.81. The number of rotatable bonds is 5. The van der Waals surface area contributed by atoms with Gasteiger partial charge in [0, 0.05) is 4.88 Å². The van der Waals surface area contributed by atoms with Gasteiger partial charge in [-0.3, -0.25) is 0 Å². The van der Waals surface area contributed by atoms with Gasteiger partial charge in [-0.2, -0.15) is 0 Å². The molecule has 108 valence electrons. The Labute approximate surface area is 127 Å². The molecule has 0 amide bonds. The minimum Gasteiger partial charge on any atom is -0.392 e. The molecule has 0 saturated carbocycles. The van der Waals surface area contributed by atoms with Crippen molar-refractivity contribution >= 4 is 33.0 Å². The predicted molar refractivity (Wildman–Crippen MR) is 80.4 cm³/mol. The quantitative estimate of drug-likeness (QED) is 0.885. The van der Waals surface area contributed by atoms with E-state index in [1.165, 1.54) is 17.4 Å². The van der Waals surface area contributed by atoms with Crippen LogP contribution in [0.15, 0.2) is 41.3 Å². The van der Waals surface area contributed by atoms with Crippen LogP contribution in [0.25, 0.3) is 0 Å². The first-order valence-corrected chi connectivity index (χ1v) is 8.58. The van der Waals surface area contributed by atoms with Crippen LogP contribution in [0.4, 0.5) is 0 Å². The van der Waals surface area contributed by atoms with E-state index in [1.54, 1.807) is 37.3 Å². The summed E-state index contributed by atoms with van der Waals surface area (Å²) in [7, 11) is -3.69. The maximum atomic E-state index is 12.4. The van der Waals surface area contributed by atoms with Crippen molar-refractivity contribution in [2.45, 2.75) is 24.5 Å². The second kappa shape index (κ2) is 6.24. The number of benzene rings is 1. The molecule has 1 aromatic heterocycles. The fourth-order valence-corrected chi connectivity index (χ4v) is 4.40. The average Bonchev–Trinajstić information content (AvgIpc) is 2.85. The minimum absolute atomic E-state index is 0.0944. The van der Waals surface area contributed by atoms with Crippen molar-refractivity contribution in [1.29, 1.82) is 0 Å². The molecule has 2 N–H and O–H groups in total. The van der Waals surface area contributed by atoms with Crippen LogP contribution in [0, 0.1) is 0 Å². The highest BCUT2D eigenvalue weighted by molar-refractivity contribution is 7.89. The van der Waals surface area contributed by atoms with Gasteiger partial charge in [0.1, 0.15) is 0 Å². The molecule has 7 heteroatoms. The Morgan fingerprint density at radius 3 is 2.60 bits per heavy atom. The maximum Gasteiger partial charge on any atom is 0.241 e. The molecule has 0 spiro atoms. The first-order chi connectivity index (χ1) is 9.44. The lowest BCUT2D eigenvalue weighted by molar-refractivity contribution is 0.278. The molecule has 0 fully saturated rings. The Morgan fingerprint density at radius 1 is 1.30 bits per heavy atom. The summed E-state index contributed by atoms with van der Waals surface area (Å²) < 4.78 is 27.9. The SMILES string of the molecule is CC(NS(=O)(=O)c1ccccc1CO)c1ccc(Cl)s1. The number of hydrogen-bond acceptors (Lipinski definition) is 4. The van der Waals surface area contributed by atoms with E-state index >= 15 is 0 Å². The van der Waals surface area contributed by atoms with Crippen LogP contribution in [0.3, 0.4) is 0 Å². The number of aliphatic hydroxyl groups excluding tert-OH is 1. The summed E-state index contributed by atoms with van der Waals surface area (Å²) in [5, 5.41) is 9.23. The molecule has 1 aromatic carbocycles. The Kier molecular flexibility index (Phi) is 4.82. The molecule has 0 aliphatic carbocycles. The molecule has 4 nitrogen and oxygen atoms in total. The number of nitrogens with one attached hydrogen (secondary N) is 1. The molecule has 20 heavy (non-hydrogen) atoms. The Bertz CT molecular complexity index is 697. The van der Waals surface area contributed by atoms with Gasteiger partial charge < -0.3 is 5.11 Å². The zero-order valence-corrected chi connectivity index (χ0v) is 13.1. The topological polar surface area (TPSA) is 66.4 Å². The number of halogens is 1. The fraction of sp³-hybridized carbons (Fsp3) is 0.231. The zero-order valence-electron chi connectivity index (χ0n) is 10.7. The van der Waals surface area contributed by atoms with E-state index in [1.807, 2.05) is 0 Å². The van der Waals surface area contributed by atoms with E-state index in [0.717, 1.165) is 4.88 Å². The molecule has 1 atom stereocenters. The number of aliphatic hydroxyl groups is 1. The van der Waals surface area contributed by atoms with Gasteiger partial charge in [-0.05, 0) is 30.7 Å². The summed E-state index contributed by atoms with van der Waals surface area (Å²) >= 11 is 7.18. The van der Waals surface area contributed by atoms with Crippen molar-refractivity contribution in [2.75, 3.05) is 0 Å². The molecule has 1 unspecified atom stereocenters. The minimum atomic E-state index is -3.69. The summed E-state index contributed by atoms with van der Waals surface area (Å²) in [5.41, 5.74) is 0.372. The molecular weight excluding hydrogens is 318 g/mol. The van der Waals surface area contributed by atoms with Gasteiger partial charge in [0.2, 0.25) is 10.0 Å². The molecule has 0 aliphatic heterocycles. The third-order valence-corrected chi connectivity index (χ3v) is 5.84. The second-order valence-electron chi connectivity index (χ2n) is 4.25. The largest absolute Gasteiger partial charge is 0.392 e. The van der Waals surface area contributed by atoms with Gasteiger partial charge in [0.15, 0.2) is 0 Å². The highest BCUT2D eigenvalue weighted by Crippen LogP contribution is 2.28. The van der Waals surface area contributed by atoms with Crippen LogP contribution >= 0.6 is 22.9 Å². The molecule has 1 heterocycles. The van der Waals surface area contributed by atoms with Crippen molar-refractivity contribution in [2.24, 2.45) is 0 Å². The third kappa shape index (κ3) is 3.39. The van der Waals surface area contributed by atoms with Crippen molar-refractivity contribution < 1.29 is 13.5 Å². The Balaban J connectivity index is 2.27. The monoisotopic (exact) mass is 331 g/mol. The van der Waals surface area contributed by atoms with Crippen molar-refractivity contribution in [1.82, 2.24) is 4.72 Å². The highest BCUT2D eigenvalue weighted by Gasteiger charge is 2.21. The molecule has 0 saturated heterocycles. The number of thiophene rings is 1. The van der Waals surface area contributed by atoms with Gasteiger partial charge in [0.25, 0.3) is 0 Å². The predicted octanol–water partition coefficient (Wildman–Crippen LogP) is 2.93. The summed E-state index contributed by atoms with van der Waals surface area (Å²) in [6.45, 7) is 1.43. The van der Waals surface area contributed by atoms with Crippen LogP contribution in [-0.2, 0) is 16.6 Å². The van der Waals surface area contributed by atoms with E-state index in [4.69, 9.17) is 11.6 Å². The lowest BCUT2D eigenvalue weighted by Crippen LogP contribution is -2.27. The highest BCUT2D eigenvalue weighted by atomic mass is 35.5. The van der Waals surface area contributed by atoms with Crippen molar-refractivity contribution in [3.8, 4) is 0 Å². The van der Waals surface area contributed by atoms with Crippen LogP contribution < -0.4 is 4.72 Å². The molecule has 2 rings (SSSR count). The lowest BCUT2D eigenvalue weighted by Gasteiger charge is -2.14. The van der Waals surface area contributed by atoms with Gasteiger partial charge in [-0.25, -0.2) is 13.1 Å². The van der Waals surface area contributed by atoms with Crippen LogP contribution in [0.1, 0.15) is 23.4 Å². The summed E-state index contributed by atoms with van der Waals surface area (Å²) in [6, 6.07) is 9.51. The Morgan fingerprint density at radius 2 is 2.00 bits per heavy atom. The summed E-state index contributed by atoms with van der Waals surface area (Å²) in [5.74, 6) is 0. The standard InChI is InChI=1S/C13H14ClNO3S2/c1-9(11-6-7-13(14)19-11)15-20(17,18)12-5-3-2-4-10(12)8-16/h2-7,9,15-16H,8H2,1H3. The van der Waals surface area contributed by atoms with Gasteiger partial charge in [0.05, 0.1) is 21.9 Å². The summed E-state index contributed by atoms with van der Waals surface area (Å²) in [4.78, 5) is 0.928.